The van der Waals surface area contributed by atoms with Crippen LogP contribution in [0.3, 0.4) is 0 Å². The molecule has 6 aromatic rings. The quantitative estimate of drug-likeness (QED) is 0.0423. The van der Waals surface area contributed by atoms with Crippen LogP contribution >= 0.6 is 0 Å². The van der Waals surface area contributed by atoms with Crippen molar-refractivity contribution < 1.29 is 63.2 Å². The summed E-state index contributed by atoms with van der Waals surface area (Å²) in [6.07, 6.45) is -3.88. The van der Waals surface area contributed by atoms with Crippen molar-refractivity contribution in [3.05, 3.63) is 165 Å². The van der Waals surface area contributed by atoms with Crippen LogP contribution in [-0.4, -0.2) is 110 Å². The summed E-state index contributed by atoms with van der Waals surface area (Å²) in [6, 6.07) is 33.4. The molecular weight excluding hydrogens is 905 g/mol. The monoisotopic (exact) mass is 970 g/mol. The minimum absolute atomic E-state index is 0.00792. The Morgan fingerprint density at radius 1 is 0.352 bits per heavy atom. The SMILES string of the molecule is Cc1cc(-c2cc(C)c(OCC(O)COC(=O)c3ccccc3)c(C)c2)cc(C)c1OCC(O)COCC(O)COc1c(C)cc(-c2cc(C)c(OCC(O)COC(=O)c3ccccc3)c(C)c2)cc1C. The van der Waals surface area contributed by atoms with Crippen molar-refractivity contribution in [3.8, 4) is 45.3 Å². The van der Waals surface area contributed by atoms with Crippen LogP contribution in [0.4, 0.5) is 0 Å². The highest BCUT2D eigenvalue weighted by Crippen LogP contribution is 2.36. The van der Waals surface area contributed by atoms with E-state index in [-0.39, 0.29) is 52.9 Å². The fourth-order valence-corrected chi connectivity index (χ4v) is 8.29. The largest absolute Gasteiger partial charge is 0.490 e. The first-order valence-corrected chi connectivity index (χ1v) is 23.7. The molecule has 0 amide bonds. The Bertz CT molecular complexity index is 2460. The molecule has 0 bridgehead atoms. The maximum Gasteiger partial charge on any atom is 0.338 e. The number of aliphatic hydroxyl groups excluding tert-OH is 4. The topological polar surface area (TPSA) is 180 Å². The summed E-state index contributed by atoms with van der Waals surface area (Å²) in [5, 5.41) is 42.4. The molecule has 0 aliphatic heterocycles. The lowest BCUT2D eigenvalue weighted by atomic mass is 9.96. The Balaban J connectivity index is 0.921. The summed E-state index contributed by atoms with van der Waals surface area (Å²) >= 11 is 0. The molecule has 4 unspecified atom stereocenters. The van der Waals surface area contributed by atoms with Crippen LogP contribution in [0, 0.1) is 55.4 Å². The zero-order valence-corrected chi connectivity index (χ0v) is 41.8. The molecule has 0 fully saturated rings. The number of carbonyl (C=O) groups excluding carboxylic acids is 2. The molecule has 0 aliphatic rings. The Morgan fingerprint density at radius 2 is 0.577 bits per heavy atom. The smallest absolute Gasteiger partial charge is 0.338 e. The molecule has 0 saturated carbocycles. The Labute approximate surface area is 416 Å². The van der Waals surface area contributed by atoms with Gasteiger partial charge in [-0.15, -0.1) is 0 Å². The van der Waals surface area contributed by atoms with Gasteiger partial charge in [-0.1, -0.05) is 36.4 Å². The van der Waals surface area contributed by atoms with Gasteiger partial charge in [-0.2, -0.15) is 0 Å². The van der Waals surface area contributed by atoms with Crippen molar-refractivity contribution in [1.82, 2.24) is 0 Å². The van der Waals surface area contributed by atoms with Crippen LogP contribution < -0.4 is 18.9 Å². The number of aryl methyl sites for hydroxylation is 8. The van der Waals surface area contributed by atoms with Crippen LogP contribution in [0.25, 0.3) is 22.3 Å². The molecule has 0 heterocycles. The second-order valence-corrected chi connectivity index (χ2v) is 18.1. The summed E-state index contributed by atoms with van der Waals surface area (Å²) in [5.74, 6) is 1.62. The van der Waals surface area contributed by atoms with Gasteiger partial charge in [-0.3, -0.25) is 0 Å². The number of aliphatic hydroxyl groups is 4. The molecule has 0 aromatic heterocycles. The minimum atomic E-state index is -1.000. The zero-order chi connectivity index (χ0) is 51.2. The van der Waals surface area contributed by atoms with Gasteiger partial charge >= 0.3 is 11.9 Å². The maximum absolute atomic E-state index is 12.2. The van der Waals surface area contributed by atoms with Gasteiger partial charge in [-0.05, 0) is 195 Å². The van der Waals surface area contributed by atoms with Gasteiger partial charge in [0.15, 0.2) is 0 Å². The van der Waals surface area contributed by atoms with Gasteiger partial charge in [0, 0.05) is 0 Å². The van der Waals surface area contributed by atoms with Crippen molar-refractivity contribution >= 4 is 11.9 Å². The van der Waals surface area contributed by atoms with E-state index in [1.165, 1.54) is 0 Å². The predicted molar refractivity (Wildman–Crippen MR) is 272 cm³/mol. The number of rotatable bonds is 24. The van der Waals surface area contributed by atoms with Crippen molar-refractivity contribution in [3.63, 3.8) is 0 Å². The van der Waals surface area contributed by atoms with Gasteiger partial charge in [-0.25, -0.2) is 9.59 Å². The first-order chi connectivity index (χ1) is 34.0. The van der Waals surface area contributed by atoms with Crippen molar-refractivity contribution in [1.29, 1.82) is 0 Å². The fourth-order valence-electron chi connectivity index (χ4n) is 8.29. The number of ether oxygens (including phenoxy) is 7. The minimum Gasteiger partial charge on any atom is -0.490 e. The lowest BCUT2D eigenvalue weighted by Gasteiger charge is -2.20. The van der Waals surface area contributed by atoms with Gasteiger partial charge < -0.3 is 53.6 Å². The molecule has 71 heavy (non-hydrogen) atoms. The highest BCUT2D eigenvalue weighted by molar-refractivity contribution is 5.89. The van der Waals surface area contributed by atoms with Crippen LogP contribution in [0.2, 0.25) is 0 Å². The Morgan fingerprint density at radius 3 is 0.817 bits per heavy atom. The highest BCUT2D eigenvalue weighted by Gasteiger charge is 2.19. The normalized spacial score (nSPS) is 12.9. The summed E-state index contributed by atoms with van der Waals surface area (Å²) in [4.78, 5) is 24.5. The number of benzene rings is 6. The average Bonchev–Trinajstić information content (AvgIpc) is 3.34. The highest BCUT2D eigenvalue weighted by atomic mass is 16.6. The van der Waals surface area contributed by atoms with E-state index in [1.54, 1.807) is 48.5 Å². The van der Waals surface area contributed by atoms with Crippen molar-refractivity contribution in [2.45, 2.75) is 79.8 Å². The van der Waals surface area contributed by atoms with Crippen LogP contribution in [-0.2, 0) is 14.2 Å². The maximum atomic E-state index is 12.2. The van der Waals surface area contributed by atoms with E-state index in [0.29, 0.717) is 34.1 Å². The third-order valence-corrected chi connectivity index (χ3v) is 11.6. The molecule has 0 aliphatic carbocycles. The molecule has 4 N–H and O–H groups in total. The predicted octanol–water partition coefficient (Wildman–Crippen LogP) is 8.88. The standard InChI is InChI=1S/C58H66O13/c1-35-19-45(47-23-39(5)55(40(6)24-47)68-31-51(61)33-70-57(63)43-15-11-9-12-16-43)20-36(2)53(35)66-29-49(59)27-65-28-50(60)30-67-54-37(3)21-46(22-38(54)4)48-25-41(7)56(42(8)26-48)69-32-52(62)34-71-58(64)44-17-13-10-14-18-44/h9-26,49-52,59-62H,27-34H2,1-8H3. The molecule has 13 nitrogen and oxygen atoms in total. The third kappa shape index (κ3) is 15.1. The van der Waals surface area contributed by atoms with Gasteiger partial charge in [0.2, 0.25) is 0 Å². The molecule has 376 valence electrons. The van der Waals surface area contributed by atoms with Crippen molar-refractivity contribution in [2.75, 3.05) is 52.9 Å². The summed E-state index contributed by atoms with van der Waals surface area (Å²) in [7, 11) is 0. The van der Waals surface area contributed by atoms with E-state index in [4.69, 9.17) is 33.2 Å². The van der Waals surface area contributed by atoms with E-state index in [1.807, 2.05) is 116 Å². The van der Waals surface area contributed by atoms with Gasteiger partial charge in [0.25, 0.3) is 0 Å². The third-order valence-electron chi connectivity index (χ3n) is 11.6. The van der Waals surface area contributed by atoms with E-state index in [2.05, 4.69) is 0 Å². The van der Waals surface area contributed by atoms with E-state index >= 15 is 0 Å². The number of carbonyl (C=O) groups is 2. The molecule has 13 heteroatoms. The van der Waals surface area contributed by atoms with Crippen molar-refractivity contribution in [2.24, 2.45) is 0 Å². The number of hydrogen-bond acceptors (Lipinski definition) is 13. The average molecular weight is 971 g/mol. The first-order valence-electron chi connectivity index (χ1n) is 23.7. The Hall–Kier alpha value is -6.74. The summed E-state index contributed by atoms with van der Waals surface area (Å²) in [6.45, 7) is 15.0. The van der Waals surface area contributed by atoms with Crippen LogP contribution in [0.15, 0.2) is 109 Å². The molecule has 4 atom stereocenters. The lowest BCUT2D eigenvalue weighted by molar-refractivity contribution is -0.0310. The summed E-state index contributed by atoms with van der Waals surface area (Å²) in [5.41, 5.74) is 11.9. The lowest BCUT2D eigenvalue weighted by Crippen LogP contribution is -2.29. The molecule has 0 spiro atoms. The molecule has 0 saturated heterocycles. The van der Waals surface area contributed by atoms with E-state index < -0.39 is 36.4 Å². The molecule has 6 aromatic carbocycles. The second-order valence-electron chi connectivity index (χ2n) is 18.1. The summed E-state index contributed by atoms with van der Waals surface area (Å²) < 4.78 is 40.3. The van der Waals surface area contributed by atoms with E-state index in [9.17, 15) is 30.0 Å². The number of esters is 2. The first kappa shape index (κ1) is 53.6. The van der Waals surface area contributed by atoms with Crippen LogP contribution in [0.1, 0.15) is 65.2 Å². The van der Waals surface area contributed by atoms with Gasteiger partial charge in [0.05, 0.1) is 24.3 Å². The fraction of sp³-hybridized carbons (Fsp3) is 0.345. The van der Waals surface area contributed by atoms with Crippen LogP contribution in [0.5, 0.6) is 23.0 Å². The zero-order valence-electron chi connectivity index (χ0n) is 41.8. The van der Waals surface area contributed by atoms with Gasteiger partial charge in [0.1, 0.15) is 87.1 Å². The Kier molecular flexibility index (Phi) is 19.2. The molecular formula is C58H66O13. The second kappa shape index (κ2) is 25.4. The van der Waals surface area contributed by atoms with E-state index in [0.717, 1.165) is 66.8 Å². The number of hydrogen-bond donors (Lipinski definition) is 4. The molecule has 0 radical (unpaired) electrons. The molecule has 6 rings (SSSR count).